The normalized spacial score (nSPS) is 12.2. The van der Waals surface area contributed by atoms with Crippen LogP contribution in [0.2, 0.25) is 0 Å². The molecule has 3 rings (SSSR count). The molecule has 0 aliphatic carbocycles. The SMILES string of the molecule is CCOC(=O)c1sc2nc([C@@H](C)Nc3cc(C)cc(C)c3)[nH]c(=O)c2c1C. The largest absolute Gasteiger partial charge is 0.462 e. The first-order chi connectivity index (χ1) is 12.8. The molecule has 0 bridgehead atoms. The number of nitrogens with one attached hydrogen (secondary N) is 2. The third kappa shape index (κ3) is 3.88. The van der Waals surface area contributed by atoms with Crippen molar-refractivity contribution in [3.05, 3.63) is 55.9 Å². The lowest BCUT2D eigenvalue weighted by Gasteiger charge is -2.15. The van der Waals surface area contributed by atoms with Gasteiger partial charge in [-0.1, -0.05) is 6.07 Å². The predicted molar refractivity (Wildman–Crippen MR) is 109 cm³/mol. The number of ether oxygens (including phenoxy) is 1. The fourth-order valence-electron chi connectivity index (χ4n) is 3.13. The van der Waals surface area contributed by atoms with E-state index in [1.807, 2.05) is 32.9 Å². The number of aromatic nitrogens is 2. The second-order valence-electron chi connectivity index (χ2n) is 6.65. The molecule has 0 saturated heterocycles. The first kappa shape index (κ1) is 19.1. The van der Waals surface area contributed by atoms with Gasteiger partial charge in [-0.15, -0.1) is 11.3 Å². The average Bonchev–Trinajstić information content (AvgIpc) is 2.91. The quantitative estimate of drug-likeness (QED) is 0.641. The van der Waals surface area contributed by atoms with E-state index in [0.717, 1.165) is 16.8 Å². The van der Waals surface area contributed by atoms with Crippen LogP contribution in [0.5, 0.6) is 0 Å². The maximum absolute atomic E-state index is 12.6. The Labute approximate surface area is 161 Å². The third-order valence-electron chi connectivity index (χ3n) is 4.29. The number of carbonyl (C=O) groups is 1. The molecule has 3 aromatic rings. The number of hydrogen-bond acceptors (Lipinski definition) is 6. The van der Waals surface area contributed by atoms with Gasteiger partial charge in [0.05, 0.1) is 18.0 Å². The Morgan fingerprint density at radius 2 is 1.93 bits per heavy atom. The first-order valence-electron chi connectivity index (χ1n) is 8.85. The standard InChI is InChI=1S/C20H23N3O3S/c1-6-26-20(25)16-12(4)15-18(24)22-17(23-19(15)27-16)13(5)21-14-8-10(2)7-11(3)9-14/h7-9,13,21H,6H2,1-5H3,(H,22,23,24)/t13-/m1/s1. The highest BCUT2D eigenvalue weighted by molar-refractivity contribution is 7.20. The van der Waals surface area contributed by atoms with Crippen molar-refractivity contribution in [2.24, 2.45) is 0 Å². The highest BCUT2D eigenvalue weighted by Gasteiger charge is 2.21. The molecule has 1 aromatic carbocycles. The van der Waals surface area contributed by atoms with Gasteiger partial charge >= 0.3 is 5.97 Å². The maximum Gasteiger partial charge on any atom is 0.348 e. The van der Waals surface area contributed by atoms with E-state index >= 15 is 0 Å². The smallest absolute Gasteiger partial charge is 0.348 e. The van der Waals surface area contributed by atoms with E-state index in [1.54, 1.807) is 13.8 Å². The van der Waals surface area contributed by atoms with Crippen molar-refractivity contribution in [3.8, 4) is 0 Å². The maximum atomic E-state index is 12.6. The minimum atomic E-state index is -0.416. The molecule has 0 unspecified atom stereocenters. The number of nitrogens with zero attached hydrogens (tertiary/aromatic N) is 1. The van der Waals surface area contributed by atoms with Crippen LogP contribution < -0.4 is 10.9 Å². The van der Waals surface area contributed by atoms with Crippen molar-refractivity contribution in [1.29, 1.82) is 0 Å². The van der Waals surface area contributed by atoms with Crippen molar-refractivity contribution in [2.75, 3.05) is 11.9 Å². The van der Waals surface area contributed by atoms with Gasteiger partial charge in [-0.3, -0.25) is 4.79 Å². The van der Waals surface area contributed by atoms with E-state index in [0.29, 0.717) is 33.1 Å². The molecule has 7 heteroatoms. The molecule has 0 aliphatic heterocycles. The number of anilines is 1. The summed E-state index contributed by atoms with van der Waals surface area (Å²) in [7, 11) is 0. The van der Waals surface area contributed by atoms with Crippen LogP contribution in [0.1, 0.15) is 52.1 Å². The summed E-state index contributed by atoms with van der Waals surface area (Å²) < 4.78 is 5.08. The van der Waals surface area contributed by atoms with Crippen LogP contribution in [0, 0.1) is 20.8 Å². The molecule has 0 amide bonds. The lowest BCUT2D eigenvalue weighted by Crippen LogP contribution is -2.17. The molecule has 2 heterocycles. The number of fused-ring (bicyclic) bond motifs is 1. The monoisotopic (exact) mass is 385 g/mol. The van der Waals surface area contributed by atoms with Gasteiger partial charge in [0.1, 0.15) is 15.5 Å². The van der Waals surface area contributed by atoms with Crippen LogP contribution in [0.4, 0.5) is 5.69 Å². The van der Waals surface area contributed by atoms with Crippen molar-refractivity contribution in [1.82, 2.24) is 9.97 Å². The van der Waals surface area contributed by atoms with Crippen LogP contribution in [-0.2, 0) is 4.74 Å². The van der Waals surface area contributed by atoms with Crippen molar-refractivity contribution >= 4 is 33.2 Å². The Kier molecular flexibility index (Phi) is 5.32. The van der Waals surface area contributed by atoms with Crippen LogP contribution in [0.25, 0.3) is 10.2 Å². The molecule has 0 aliphatic rings. The topological polar surface area (TPSA) is 84.1 Å². The fraction of sp³-hybridized carbons (Fsp3) is 0.350. The van der Waals surface area contributed by atoms with Crippen LogP contribution in [0.15, 0.2) is 23.0 Å². The van der Waals surface area contributed by atoms with Crippen LogP contribution in [0.3, 0.4) is 0 Å². The number of carbonyl (C=O) groups excluding carboxylic acids is 1. The van der Waals surface area contributed by atoms with Gasteiger partial charge in [-0.05, 0) is 63.4 Å². The van der Waals surface area contributed by atoms with Gasteiger partial charge in [0, 0.05) is 5.69 Å². The molecule has 0 radical (unpaired) electrons. The van der Waals surface area contributed by atoms with Gasteiger partial charge in [-0.2, -0.15) is 0 Å². The van der Waals surface area contributed by atoms with Crippen molar-refractivity contribution < 1.29 is 9.53 Å². The van der Waals surface area contributed by atoms with Gasteiger partial charge in [-0.25, -0.2) is 9.78 Å². The van der Waals surface area contributed by atoms with Crippen molar-refractivity contribution in [3.63, 3.8) is 0 Å². The molecule has 6 nitrogen and oxygen atoms in total. The summed E-state index contributed by atoms with van der Waals surface area (Å²) in [6.07, 6.45) is 0. The zero-order chi connectivity index (χ0) is 19.7. The highest BCUT2D eigenvalue weighted by Crippen LogP contribution is 2.29. The number of rotatable bonds is 5. The zero-order valence-corrected chi connectivity index (χ0v) is 16.9. The summed E-state index contributed by atoms with van der Waals surface area (Å²) in [5.41, 5.74) is 3.67. The number of H-pyrrole nitrogens is 1. The second kappa shape index (κ2) is 7.52. The lowest BCUT2D eigenvalue weighted by atomic mass is 10.1. The molecule has 142 valence electrons. The number of esters is 1. The van der Waals surface area contributed by atoms with E-state index < -0.39 is 5.97 Å². The summed E-state index contributed by atoms with van der Waals surface area (Å²) in [4.78, 5) is 33.1. The van der Waals surface area contributed by atoms with E-state index in [1.165, 1.54) is 11.3 Å². The van der Waals surface area contributed by atoms with Gasteiger partial charge < -0.3 is 15.0 Å². The number of benzene rings is 1. The Bertz CT molecular complexity index is 1050. The number of aromatic amines is 1. The van der Waals surface area contributed by atoms with E-state index in [9.17, 15) is 9.59 Å². The highest BCUT2D eigenvalue weighted by atomic mass is 32.1. The molecule has 0 spiro atoms. The fourth-order valence-corrected chi connectivity index (χ4v) is 4.22. The molecule has 2 N–H and O–H groups in total. The summed E-state index contributed by atoms with van der Waals surface area (Å²) in [5.74, 6) is 0.115. The third-order valence-corrected chi connectivity index (χ3v) is 5.46. The predicted octanol–water partition coefficient (Wildman–Crippen LogP) is 4.26. The van der Waals surface area contributed by atoms with E-state index in [2.05, 4.69) is 21.4 Å². The summed E-state index contributed by atoms with van der Waals surface area (Å²) >= 11 is 1.20. The second-order valence-corrected chi connectivity index (χ2v) is 7.65. The number of hydrogen-bond donors (Lipinski definition) is 2. The molecular formula is C20H23N3O3S. The lowest BCUT2D eigenvalue weighted by molar-refractivity contribution is 0.0531. The molecular weight excluding hydrogens is 362 g/mol. The Morgan fingerprint density at radius 1 is 1.26 bits per heavy atom. The number of thiophene rings is 1. The van der Waals surface area contributed by atoms with Gasteiger partial charge in [0.15, 0.2) is 0 Å². The minimum Gasteiger partial charge on any atom is -0.462 e. The summed E-state index contributed by atoms with van der Waals surface area (Å²) in [5, 5.41) is 3.83. The van der Waals surface area contributed by atoms with Gasteiger partial charge in [0.2, 0.25) is 0 Å². The molecule has 0 saturated carbocycles. The summed E-state index contributed by atoms with van der Waals surface area (Å²) in [6.45, 7) is 9.82. The molecule has 0 fully saturated rings. The van der Waals surface area contributed by atoms with E-state index in [-0.39, 0.29) is 11.6 Å². The molecule has 1 atom stereocenters. The molecule has 27 heavy (non-hydrogen) atoms. The summed E-state index contributed by atoms with van der Waals surface area (Å²) in [6, 6.07) is 6.01. The Hall–Kier alpha value is -2.67. The van der Waals surface area contributed by atoms with Crippen LogP contribution in [-0.4, -0.2) is 22.5 Å². The Balaban J connectivity index is 1.97. The molecule has 2 aromatic heterocycles. The average molecular weight is 385 g/mol. The minimum absolute atomic E-state index is 0.197. The van der Waals surface area contributed by atoms with Gasteiger partial charge in [0.25, 0.3) is 5.56 Å². The van der Waals surface area contributed by atoms with Crippen LogP contribution >= 0.6 is 11.3 Å². The van der Waals surface area contributed by atoms with E-state index in [4.69, 9.17) is 4.74 Å². The first-order valence-corrected chi connectivity index (χ1v) is 9.67. The Morgan fingerprint density at radius 3 is 2.56 bits per heavy atom. The number of aryl methyl sites for hydroxylation is 3. The van der Waals surface area contributed by atoms with Crippen molar-refractivity contribution in [2.45, 2.75) is 40.7 Å². The zero-order valence-electron chi connectivity index (χ0n) is 16.1.